The van der Waals surface area contributed by atoms with E-state index in [-0.39, 0.29) is 24.9 Å². The van der Waals surface area contributed by atoms with Gasteiger partial charge in [0.25, 0.3) is 0 Å². The molecule has 0 N–H and O–H groups in total. The Hall–Kier alpha value is -2.21. The summed E-state index contributed by atoms with van der Waals surface area (Å²) in [6.07, 6.45) is -0.0782. The second kappa shape index (κ2) is 6.44. The number of anilines is 1. The lowest BCUT2D eigenvalue weighted by molar-refractivity contribution is -0.156. The number of hydrogen-bond acceptors (Lipinski definition) is 5. The van der Waals surface area contributed by atoms with E-state index in [9.17, 15) is 19.2 Å². The van der Waals surface area contributed by atoms with Gasteiger partial charge in [-0.15, -0.1) is 0 Å². The zero-order valence-corrected chi connectivity index (χ0v) is 16.6. The van der Waals surface area contributed by atoms with Crippen LogP contribution in [-0.4, -0.2) is 30.2 Å². The Balaban J connectivity index is 2.09. The van der Waals surface area contributed by atoms with Crippen molar-refractivity contribution >= 4 is 40.9 Å². The van der Waals surface area contributed by atoms with Gasteiger partial charge in [0.1, 0.15) is 11.2 Å². The van der Waals surface area contributed by atoms with Crippen molar-refractivity contribution in [3.63, 3.8) is 0 Å². The molecule has 0 bridgehead atoms. The van der Waals surface area contributed by atoms with Crippen LogP contribution in [0.25, 0.3) is 0 Å². The Labute approximate surface area is 162 Å². The van der Waals surface area contributed by atoms with Crippen LogP contribution in [0, 0.1) is 11.3 Å². The van der Waals surface area contributed by atoms with Gasteiger partial charge >= 0.3 is 5.97 Å². The molecule has 2 amide bonds. The smallest absolute Gasteiger partial charge is 0.320 e. The van der Waals surface area contributed by atoms with Gasteiger partial charge in [-0.05, 0) is 36.1 Å². The van der Waals surface area contributed by atoms with E-state index in [1.807, 2.05) is 20.8 Å². The summed E-state index contributed by atoms with van der Waals surface area (Å²) >= 11 is 6.12. The first kappa shape index (κ1) is 19.5. The first-order valence-corrected chi connectivity index (χ1v) is 9.23. The minimum atomic E-state index is -1.57. The van der Waals surface area contributed by atoms with Crippen LogP contribution >= 0.6 is 11.6 Å². The number of nitrogens with zero attached hydrogens (tertiary/aromatic N) is 1. The third-order valence-corrected chi connectivity index (χ3v) is 5.71. The van der Waals surface area contributed by atoms with Crippen molar-refractivity contribution in [2.24, 2.45) is 11.3 Å². The number of Topliss-reactive ketones (excluding diaryl/α,β-unsaturated/α-hetero) is 1. The molecule has 6 nitrogen and oxygen atoms in total. The topological polar surface area (TPSA) is 80.8 Å². The van der Waals surface area contributed by atoms with E-state index in [2.05, 4.69) is 0 Å². The first-order chi connectivity index (χ1) is 12.5. The quantitative estimate of drug-likeness (QED) is 0.449. The average Bonchev–Trinajstić information content (AvgIpc) is 3.08. The highest BCUT2D eigenvalue weighted by atomic mass is 35.5. The number of cyclic esters (lactones) is 1. The maximum absolute atomic E-state index is 13.2. The normalized spacial score (nSPS) is 25.9. The second-order valence-corrected chi connectivity index (χ2v) is 8.59. The predicted molar refractivity (Wildman–Crippen MR) is 99.4 cm³/mol. The lowest BCUT2D eigenvalue weighted by Gasteiger charge is -2.29. The monoisotopic (exact) mass is 391 g/mol. The van der Waals surface area contributed by atoms with E-state index in [1.54, 1.807) is 18.2 Å². The third kappa shape index (κ3) is 2.96. The van der Waals surface area contributed by atoms with Gasteiger partial charge in [0.05, 0.1) is 18.2 Å². The molecule has 0 saturated carbocycles. The van der Waals surface area contributed by atoms with Crippen LogP contribution in [0.2, 0.25) is 5.02 Å². The predicted octanol–water partition coefficient (Wildman–Crippen LogP) is 3.04. The molecular weight excluding hydrogens is 370 g/mol. The molecule has 2 atom stereocenters. The number of esters is 1. The van der Waals surface area contributed by atoms with Gasteiger partial charge in [-0.3, -0.25) is 19.2 Å². The molecule has 7 heteroatoms. The Bertz CT molecular complexity index is 856. The summed E-state index contributed by atoms with van der Waals surface area (Å²) in [5, 5.41) is 0.499. The molecular formula is C20H22ClNO5. The van der Waals surface area contributed by atoms with Gasteiger partial charge in [0.15, 0.2) is 0 Å². The minimum Gasteiger partial charge on any atom is -0.465 e. The van der Waals surface area contributed by atoms with Gasteiger partial charge < -0.3 is 4.74 Å². The standard InChI is InChI=1S/C20H22ClNO5/c1-11(23)20(7-8-27-18(20)26)14-10-16(24)22(17(14)25)15-6-5-12(21)9-13(15)19(2,3)4/h5-6,9,14H,7-8,10H2,1-4H3/t14-,20+/m0/s1. The van der Waals surface area contributed by atoms with E-state index >= 15 is 0 Å². The number of carbonyl (C=O) groups excluding carboxylic acids is 4. The molecule has 0 aromatic heterocycles. The molecule has 2 aliphatic heterocycles. The Morgan fingerprint density at radius 1 is 1.26 bits per heavy atom. The Kier molecular flexibility index (Phi) is 4.67. The molecule has 1 aromatic carbocycles. The van der Waals surface area contributed by atoms with Crippen molar-refractivity contribution in [1.82, 2.24) is 0 Å². The zero-order chi connectivity index (χ0) is 20.1. The van der Waals surface area contributed by atoms with Crippen LogP contribution in [0.15, 0.2) is 18.2 Å². The van der Waals surface area contributed by atoms with E-state index in [0.29, 0.717) is 10.7 Å². The van der Waals surface area contributed by atoms with Gasteiger partial charge in [-0.2, -0.15) is 0 Å². The summed E-state index contributed by atoms with van der Waals surface area (Å²) in [5.74, 6) is -3.17. The fraction of sp³-hybridized carbons (Fsp3) is 0.500. The molecule has 2 aliphatic rings. The number of hydrogen-bond donors (Lipinski definition) is 0. The maximum atomic E-state index is 13.2. The highest BCUT2D eigenvalue weighted by Gasteiger charge is 2.61. The lowest BCUT2D eigenvalue weighted by atomic mass is 9.70. The molecule has 144 valence electrons. The minimum absolute atomic E-state index is 0.0740. The molecule has 2 saturated heterocycles. The van der Waals surface area contributed by atoms with Crippen molar-refractivity contribution in [2.75, 3.05) is 11.5 Å². The molecule has 1 aromatic rings. The summed E-state index contributed by atoms with van der Waals surface area (Å²) in [6.45, 7) is 7.21. The average molecular weight is 392 g/mol. The summed E-state index contributed by atoms with van der Waals surface area (Å²) < 4.78 is 5.00. The third-order valence-electron chi connectivity index (χ3n) is 5.47. The fourth-order valence-corrected chi connectivity index (χ4v) is 4.16. The van der Waals surface area contributed by atoms with E-state index in [1.165, 1.54) is 6.92 Å². The number of amides is 2. The number of ether oxygens (including phenoxy) is 1. The highest BCUT2D eigenvalue weighted by Crippen LogP contribution is 2.46. The molecule has 0 spiro atoms. The summed E-state index contributed by atoms with van der Waals surface area (Å²) in [4.78, 5) is 51.8. The van der Waals surface area contributed by atoms with Gasteiger partial charge in [-0.25, -0.2) is 4.90 Å². The van der Waals surface area contributed by atoms with E-state index in [4.69, 9.17) is 16.3 Å². The van der Waals surface area contributed by atoms with Crippen LogP contribution < -0.4 is 4.90 Å². The zero-order valence-electron chi connectivity index (χ0n) is 15.8. The summed E-state index contributed by atoms with van der Waals surface area (Å²) in [5.41, 5.74) is -0.767. The Morgan fingerprint density at radius 3 is 2.44 bits per heavy atom. The Morgan fingerprint density at radius 2 is 1.93 bits per heavy atom. The lowest BCUT2D eigenvalue weighted by Crippen LogP contribution is -2.45. The fourth-order valence-electron chi connectivity index (χ4n) is 3.99. The van der Waals surface area contributed by atoms with Crippen LogP contribution in [0.4, 0.5) is 5.69 Å². The van der Waals surface area contributed by atoms with E-state index < -0.39 is 34.9 Å². The van der Waals surface area contributed by atoms with Crippen LogP contribution in [0.1, 0.15) is 46.1 Å². The number of rotatable bonds is 3. The van der Waals surface area contributed by atoms with Gasteiger partial charge in [-0.1, -0.05) is 32.4 Å². The molecule has 0 radical (unpaired) electrons. The highest BCUT2D eigenvalue weighted by molar-refractivity contribution is 6.31. The number of benzene rings is 1. The van der Waals surface area contributed by atoms with Gasteiger partial charge in [0.2, 0.25) is 11.8 Å². The maximum Gasteiger partial charge on any atom is 0.320 e. The molecule has 0 aliphatic carbocycles. The van der Waals surface area contributed by atoms with Crippen molar-refractivity contribution in [2.45, 2.75) is 46.0 Å². The molecule has 2 fully saturated rings. The molecule has 0 unspecified atom stereocenters. The number of ketones is 1. The van der Waals surface area contributed by atoms with Crippen molar-refractivity contribution in [1.29, 1.82) is 0 Å². The van der Waals surface area contributed by atoms with Crippen molar-refractivity contribution in [3.05, 3.63) is 28.8 Å². The van der Waals surface area contributed by atoms with Gasteiger partial charge in [0, 0.05) is 17.9 Å². The van der Waals surface area contributed by atoms with Crippen LogP contribution in [0.3, 0.4) is 0 Å². The van der Waals surface area contributed by atoms with Crippen molar-refractivity contribution in [3.8, 4) is 0 Å². The number of imide groups is 1. The largest absolute Gasteiger partial charge is 0.465 e. The molecule has 27 heavy (non-hydrogen) atoms. The molecule has 3 rings (SSSR count). The summed E-state index contributed by atoms with van der Waals surface area (Å²) in [7, 11) is 0. The number of carbonyl (C=O) groups is 4. The number of halogens is 1. The molecule has 2 heterocycles. The second-order valence-electron chi connectivity index (χ2n) is 8.15. The SMILES string of the molecule is CC(=O)[C@@]1([C@H]2CC(=O)N(c3ccc(Cl)cc3C(C)(C)C)C2=O)CCOC1=O. The van der Waals surface area contributed by atoms with Crippen LogP contribution in [-0.2, 0) is 29.3 Å². The first-order valence-electron chi connectivity index (χ1n) is 8.85. The van der Waals surface area contributed by atoms with E-state index in [0.717, 1.165) is 10.5 Å². The summed E-state index contributed by atoms with van der Waals surface area (Å²) in [6, 6.07) is 4.98. The van der Waals surface area contributed by atoms with Crippen LogP contribution in [0.5, 0.6) is 0 Å². The van der Waals surface area contributed by atoms with Crippen molar-refractivity contribution < 1.29 is 23.9 Å².